The third-order valence-corrected chi connectivity index (χ3v) is 4.62. The number of hydrogen-bond donors (Lipinski definition) is 1. The minimum atomic E-state index is -0.592. The number of ketones is 1. The molecule has 0 aliphatic heterocycles. The average Bonchev–Trinajstić information content (AvgIpc) is 3.34. The second kappa shape index (κ2) is 9.21. The van der Waals surface area contributed by atoms with E-state index in [1.165, 1.54) is 0 Å². The second-order valence-corrected chi connectivity index (χ2v) is 6.75. The predicted octanol–water partition coefficient (Wildman–Crippen LogP) is 3.09. The minimum absolute atomic E-state index is 0.233. The number of rotatable bonds is 8. The highest BCUT2D eigenvalue weighted by Crippen LogP contribution is 2.20. The highest BCUT2D eigenvalue weighted by molar-refractivity contribution is 6.04. The molecule has 0 amide bonds. The maximum Gasteiger partial charge on any atom is 0.355 e. The zero-order valence-corrected chi connectivity index (χ0v) is 17.1. The number of esters is 2. The summed E-state index contributed by atoms with van der Waals surface area (Å²) in [6.07, 6.45) is 3.55. The molecule has 3 aromatic rings. The van der Waals surface area contributed by atoms with Crippen LogP contribution in [0.3, 0.4) is 0 Å². The molecule has 0 atom stereocenters. The number of carbonyl (C=O) groups is 3. The normalized spacial score (nSPS) is 10.6. The Morgan fingerprint density at radius 1 is 1.07 bits per heavy atom. The lowest BCUT2D eigenvalue weighted by Gasteiger charge is -2.07. The number of benzene rings is 1. The fourth-order valence-corrected chi connectivity index (χ4v) is 3.19. The highest BCUT2D eigenvalue weighted by atomic mass is 16.5. The molecule has 30 heavy (non-hydrogen) atoms. The standard InChI is InChI=1S/C22H23N3O5/c1-4-29-22(28)20-14(2)19(15(3)24-20)18(26)13-30-21(27)17-8-6-16(7-9-17)12-25-11-5-10-23-25/h5-11,24H,4,12-13H2,1-3H3. The fourth-order valence-electron chi connectivity index (χ4n) is 3.19. The van der Waals surface area contributed by atoms with Crippen molar-refractivity contribution in [1.82, 2.24) is 14.8 Å². The van der Waals surface area contributed by atoms with Crippen molar-refractivity contribution in [3.63, 3.8) is 0 Å². The number of carbonyl (C=O) groups excluding carboxylic acids is 3. The van der Waals surface area contributed by atoms with Crippen LogP contribution in [0.1, 0.15) is 54.9 Å². The largest absolute Gasteiger partial charge is 0.461 e. The van der Waals surface area contributed by atoms with Gasteiger partial charge in [0.05, 0.1) is 18.7 Å². The number of nitrogens with zero attached hydrogens (tertiary/aromatic N) is 2. The molecule has 0 aliphatic rings. The lowest BCUT2D eigenvalue weighted by Crippen LogP contribution is -2.15. The maximum absolute atomic E-state index is 12.6. The van der Waals surface area contributed by atoms with Crippen LogP contribution in [0, 0.1) is 13.8 Å². The van der Waals surface area contributed by atoms with Gasteiger partial charge in [0.1, 0.15) is 5.69 Å². The van der Waals surface area contributed by atoms with Gasteiger partial charge in [-0.3, -0.25) is 9.48 Å². The third-order valence-electron chi connectivity index (χ3n) is 4.62. The number of aromatic amines is 1. The minimum Gasteiger partial charge on any atom is -0.461 e. The Kier molecular flexibility index (Phi) is 6.46. The number of aryl methyl sites for hydroxylation is 1. The average molecular weight is 409 g/mol. The molecule has 0 saturated carbocycles. The fraction of sp³-hybridized carbons (Fsp3) is 0.273. The first kappa shape index (κ1) is 21.0. The molecule has 3 rings (SSSR count). The van der Waals surface area contributed by atoms with Gasteiger partial charge in [0.15, 0.2) is 6.61 Å². The Morgan fingerprint density at radius 3 is 2.43 bits per heavy atom. The van der Waals surface area contributed by atoms with Crippen LogP contribution in [0.4, 0.5) is 0 Å². The SMILES string of the molecule is CCOC(=O)c1[nH]c(C)c(C(=O)COC(=O)c2ccc(Cn3cccn3)cc2)c1C. The summed E-state index contributed by atoms with van der Waals surface area (Å²) in [6, 6.07) is 8.76. The molecule has 0 spiro atoms. The zero-order valence-electron chi connectivity index (χ0n) is 17.1. The van der Waals surface area contributed by atoms with Crippen LogP contribution in [-0.2, 0) is 16.0 Å². The smallest absolute Gasteiger partial charge is 0.355 e. The van der Waals surface area contributed by atoms with E-state index in [1.807, 2.05) is 24.4 Å². The molecular weight excluding hydrogens is 386 g/mol. The van der Waals surface area contributed by atoms with Gasteiger partial charge in [-0.25, -0.2) is 9.59 Å². The lowest BCUT2D eigenvalue weighted by molar-refractivity contribution is 0.0473. The predicted molar refractivity (Wildman–Crippen MR) is 109 cm³/mol. The van der Waals surface area contributed by atoms with E-state index >= 15 is 0 Å². The molecule has 0 aliphatic carbocycles. The summed E-state index contributed by atoms with van der Waals surface area (Å²) in [6.45, 7) is 5.45. The number of Topliss-reactive ketones (excluding diaryl/α,β-unsaturated/α-hetero) is 1. The summed E-state index contributed by atoms with van der Waals surface area (Å²) in [4.78, 5) is 39.7. The number of ether oxygens (including phenoxy) is 2. The third kappa shape index (κ3) is 4.65. The summed E-state index contributed by atoms with van der Waals surface area (Å²) in [5.74, 6) is -1.50. The van der Waals surface area contributed by atoms with Crippen LogP contribution in [-0.4, -0.2) is 45.7 Å². The molecule has 0 unspecified atom stereocenters. The molecule has 2 aromatic heterocycles. The molecule has 0 saturated heterocycles. The quantitative estimate of drug-likeness (QED) is 0.453. The summed E-state index contributed by atoms with van der Waals surface area (Å²) >= 11 is 0. The van der Waals surface area contributed by atoms with Crippen molar-refractivity contribution < 1.29 is 23.9 Å². The molecule has 0 fully saturated rings. The van der Waals surface area contributed by atoms with Crippen LogP contribution in [0.5, 0.6) is 0 Å². The van der Waals surface area contributed by atoms with E-state index < -0.39 is 18.5 Å². The van der Waals surface area contributed by atoms with Gasteiger partial charge in [0, 0.05) is 23.7 Å². The van der Waals surface area contributed by atoms with Gasteiger partial charge in [0.2, 0.25) is 5.78 Å². The van der Waals surface area contributed by atoms with Crippen molar-refractivity contribution in [3.05, 3.63) is 76.4 Å². The van der Waals surface area contributed by atoms with Crippen LogP contribution in [0.15, 0.2) is 42.7 Å². The van der Waals surface area contributed by atoms with Crippen molar-refractivity contribution in [1.29, 1.82) is 0 Å². The van der Waals surface area contributed by atoms with Crippen LogP contribution in [0.25, 0.3) is 0 Å². The number of hydrogen-bond acceptors (Lipinski definition) is 6. The van der Waals surface area contributed by atoms with E-state index in [2.05, 4.69) is 10.1 Å². The van der Waals surface area contributed by atoms with Crippen LogP contribution in [0.2, 0.25) is 0 Å². The van der Waals surface area contributed by atoms with Crippen LogP contribution >= 0.6 is 0 Å². The van der Waals surface area contributed by atoms with Gasteiger partial charge >= 0.3 is 11.9 Å². The van der Waals surface area contributed by atoms with Crippen molar-refractivity contribution in [2.24, 2.45) is 0 Å². The van der Waals surface area contributed by atoms with Crippen molar-refractivity contribution >= 4 is 17.7 Å². The first-order valence-electron chi connectivity index (χ1n) is 9.53. The molecule has 0 radical (unpaired) electrons. The number of nitrogens with one attached hydrogen (secondary N) is 1. The molecule has 0 bridgehead atoms. The number of H-pyrrole nitrogens is 1. The van der Waals surface area contributed by atoms with Gasteiger partial charge < -0.3 is 14.5 Å². The zero-order chi connectivity index (χ0) is 21.7. The molecule has 8 nitrogen and oxygen atoms in total. The first-order valence-corrected chi connectivity index (χ1v) is 9.53. The Bertz CT molecular complexity index is 1050. The lowest BCUT2D eigenvalue weighted by atomic mass is 10.1. The summed E-state index contributed by atoms with van der Waals surface area (Å²) in [5.41, 5.74) is 2.91. The monoisotopic (exact) mass is 409 g/mol. The summed E-state index contributed by atoms with van der Waals surface area (Å²) in [7, 11) is 0. The van der Waals surface area contributed by atoms with E-state index in [0.29, 0.717) is 28.9 Å². The van der Waals surface area contributed by atoms with Crippen LogP contribution < -0.4 is 0 Å². The summed E-state index contributed by atoms with van der Waals surface area (Å²) in [5, 5.41) is 4.14. The van der Waals surface area contributed by atoms with E-state index in [0.717, 1.165) is 5.56 Å². The Labute approximate surface area is 173 Å². The second-order valence-electron chi connectivity index (χ2n) is 6.75. The van der Waals surface area contributed by atoms with E-state index in [4.69, 9.17) is 9.47 Å². The van der Waals surface area contributed by atoms with Gasteiger partial charge in [0.25, 0.3) is 0 Å². The van der Waals surface area contributed by atoms with Crippen molar-refractivity contribution in [2.75, 3.05) is 13.2 Å². The number of aromatic nitrogens is 3. The van der Waals surface area contributed by atoms with E-state index in [1.54, 1.807) is 43.8 Å². The molecule has 2 heterocycles. The van der Waals surface area contributed by atoms with E-state index in [9.17, 15) is 14.4 Å². The van der Waals surface area contributed by atoms with E-state index in [-0.39, 0.29) is 18.1 Å². The Balaban J connectivity index is 1.62. The Hall–Kier alpha value is -3.68. The van der Waals surface area contributed by atoms with Gasteiger partial charge in [-0.2, -0.15) is 5.10 Å². The van der Waals surface area contributed by atoms with Crippen molar-refractivity contribution in [3.8, 4) is 0 Å². The van der Waals surface area contributed by atoms with Gasteiger partial charge in [-0.1, -0.05) is 12.1 Å². The maximum atomic E-state index is 12.6. The molecule has 8 heteroatoms. The molecular formula is C22H23N3O5. The summed E-state index contributed by atoms with van der Waals surface area (Å²) < 4.78 is 11.9. The molecule has 1 N–H and O–H groups in total. The van der Waals surface area contributed by atoms with Crippen molar-refractivity contribution in [2.45, 2.75) is 27.3 Å². The van der Waals surface area contributed by atoms with Gasteiger partial charge in [-0.05, 0) is 50.1 Å². The first-order chi connectivity index (χ1) is 14.4. The highest BCUT2D eigenvalue weighted by Gasteiger charge is 2.23. The molecule has 156 valence electrons. The molecule has 1 aromatic carbocycles. The van der Waals surface area contributed by atoms with Gasteiger partial charge in [-0.15, -0.1) is 0 Å². The topological polar surface area (TPSA) is 103 Å². The Morgan fingerprint density at radius 2 is 1.80 bits per heavy atom.